The smallest absolute Gasteiger partial charge is 0.239 e. The number of carbonyl (C=O) groups is 1. The van der Waals surface area contributed by atoms with Crippen LogP contribution in [-0.2, 0) is 4.79 Å². The lowest BCUT2D eigenvalue weighted by molar-refractivity contribution is -0.133. The lowest BCUT2D eigenvalue weighted by Crippen LogP contribution is -2.50. The van der Waals surface area contributed by atoms with E-state index >= 15 is 0 Å². The molecule has 0 fully saturated rings. The van der Waals surface area contributed by atoms with Crippen molar-refractivity contribution in [2.24, 2.45) is 0 Å². The number of hydrogen-bond acceptors (Lipinski definition) is 4. The van der Waals surface area contributed by atoms with E-state index in [1.54, 1.807) is 11.8 Å². The van der Waals surface area contributed by atoms with Gasteiger partial charge < -0.3 is 15.1 Å². The summed E-state index contributed by atoms with van der Waals surface area (Å²) in [5.74, 6) is -0.00750. The van der Waals surface area contributed by atoms with Gasteiger partial charge in [-0.3, -0.25) is 10.1 Å². The number of carbonyl (C=O) groups excluding carboxylic acids is 1. The number of rotatable bonds is 7. The lowest BCUT2D eigenvalue weighted by atomic mass is 10.2. The van der Waals surface area contributed by atoms with E-state index in [0.29, 0.717) is 13.1 Å². The van der Waals surface area contributed by atoms with Gasteiger partial charge in [0.15, 0.2) is 0 Å². The summed E-state index contributed by atoms with van der Waals surface area (Å²) in [4.78, 5) is 13.5. The third-order valence-electron chi connectivity index (χ3n) is 2.37. The van der Waals surface area contributed by atoms with Crippen molar-refractivity contribution in [2.75, 3.05) is 26.3 Å². The van der Waals surface area contributed by atoms with E-state index in [-0.39, 0.29) is 25.2 Å². The third kappa shape index (κ3) is 4.59. The van der Waals surface area contributed by atoms with Crippen LogP contribution in [0.4, 0.5) is 0 Å². The number of amides is 1. The number of aliphatic hydroxyl groups is 2. The van der Waals surface area contributed by atoms with Gasteiger partial charge in [-0.1, -0.05) is 0 Å². The first-order chi connectivity index (χ1) is 7.10. The van der Waals surface area contributed by atoms with Crippen LogP contribution in [0.15, 0.2) is 0 Å². The van der Waals surface area contributed by atoms with Crippen LogP contribution in [0, 0.1) is 0 Å². The largest absolute Gasteiger partial charge is 0.395 e. The molecule has 1 amide bonds. The van der Waals surface area contributed by atoms with Gasteiger partial charge in [0.05, 0.1) is 25.3 Å². The van der Waals surface area contributed by atoms with Gasteiger partial charge >= 0.3 is 0 Å². The molecule has 0 aliphatic rings. The van der Waals surface area contributed by atoms with Crippen LogP contribution in [0.25, 0.3) is 0 Å². The minimum absolute atomic E-state index is 0.00750. The fourth-order valence-corrected chi connectivity index (χ4v) is 1.40. The van der Waals surface area contributed by atoms with E-state index in [0.717, 1.165) is 0 Å². The Hall–Kier alpha value is -0.650. The molecule has 0 bridgehead atoms. The number of aliphatic hydroxyl groups excluding tert-OH is 2. The Morgan fingerprint density at radius 1 is 1.27 bits per heavy atom. The first-order valence-corrected chi connectivity index (χ1v) is 5.37. The van der Waals surface area contributed by atoms with Gasteiger partial charge in [0, 0.05) is 13.1 Å². The van der Waals surface area contributed by atoms with Crippen molar-refractivity contribution in [3.8, 4) is 0 Å². The molecule has 5 heteroatoms. The quantitative estimate of drug-likeness (QED) is 0.522. The summed E-state index contributed by atoms with van der Waals surface area (Å²) in [7, 11) is 0. The zero-order valence-corrected chi connectivity index (χ0v) is 9.73. The monoisotopic (exact) mass is 218 g/mol. The Morgan fingerprint density at radius 3 is 2.07 bits per heavy atom. The van der Waals surface area contributed by atoms with Crippen molar-refractivity contribution in [3.05, 3.63) is 0 Å². The molecule has 0 rings (SSSR count). The Bertz CT molecular complexity index is 180. The van der Waals surface area contributed by atoms with E-state index < -0.39 is 6.04 Å². The summed E-state index contributed by atoms with van der Waals surface area (Å²) in [5, 5.41) is 20.6. The lowest BCUT2D eigenvalue weighted by Gasteiger charge is -2.25. The molecule has 0 aromatic carbocycles. The molecular weight excluding hydrogens is 196 g/mol. The molecule has 0 radical (unpaired) electrons. The molecule has 0 spiro atoms. The SMILES string of the molecule is CCN(CC)C(=O)C(C)NC(CO)CO. The number of nitrogens with zero attached hydrogens (tertiary/aromatic N) is 1. The van der Waals surface area contributed by atoms with Crippen LogP contribution < -0.4 is 5.32 Å². The Kier molecular flexibility index (Phi) is 7.29. The first kappa shape index (κ1) is 14.3. The highest BCUT2D eigenvalue weighted by Crippen LogP contribution is 1.96. The second-order valence-corrected chi connectivity index (χ2v) is 3.46. The molecule has 0 aliphatic heterocycles. The van der Waals surface area contributed by atoms with E-state index in [2.05, 4.69) is 5.32 Å². The van der Waals surface area contributed by atoms with Crippen LogP contribution in [0.5, 0.6) is 0 Å². The van der Waals surface area contributed by atoms with Gasteiger partial charge in [0.1, 0.15) is 0 Å². The maximum atomic E-state index is 11.8. The normalized spacial score (nSPS) is 12.9. The predicted molar refractivity (Wildman–Crippen MR) is 58.5 cm³/mol. The summed E-state index contributed by atoms with van der Waals surface area (Å²) in [6.45, 7) is 6.57. The molecular formula is C10H22N2O3. The standard InChI is InChI=1S/C10H22N2O3/c1-4-12(5-2)10(15)8(3)11-9(6-13)7-14/h8-9,11,13-14H,4-7H2,1-3H3. The number of nitrogens with one attached hydrogen (secondary N) is 1. The molecule has 15 heavy (non-hydrogen) atoms. The van der Waals surface area contributed by atoms with E-state index in [1.807, 2.05) is 13.8 Å². The molecule has 0 saturated heterocycles. The maximum Gasteiger partial charge on any atom is 0.239 e. The summed E-state index contributed by atoms with van der Waals surface area (Å²) in [5.41, 5.74) is 0. The Balaban J connectivity index is 4.18. The van der Waals surface area contributed by atoms with Crippen LogP contribution >= 0.6 is 0 Å². The molecule has 1 unspecified atom stereocenters. The number of hydrogen-bond donors (Lipinski definition) is 3. The van der Waals surface area contributed by atoms with Crippen molar-refractivity contribution < 1.29 is 15.0 Å². The second-order valence-electron chi connectivity index (χ2n) is 3.46. The molecule has 0 heterocycles. The average Bonchev–Trinajstić information content (AvgIpc) is 2.26. The Morgan fingerprint density at radius 2 is 1.73 bits per heavy atom. The van der Waals surface area contributed by atoms with Crippen molar-refractivity contribution in [3.63, 3.8) is 0 Å². The maximum absolute atomic E-state index is 11.8. The summed E-state index contributed by atoms with van der Waals surface area (Å²) >= 11 is 0. The molecule has 0 aliphatic carbocycles. The third-order valence-corrected chi connectivity index (χ3v) is 2.37. The first-order valence-electron chi connectivity index (χ1n) is 5.37. The second kappa shape index (κ2) is 7.62. The summed E-state index contributed by atoms with van der Waals surface area (Å²) in [6, 6.07) is -0.811. The topological polar surface area (TPSA) is 72.8 Å². The zero-order valence-electron chi connectivity index (χ0n) is 9.73. The van der Waals surface area contributed by atoms with Gasteiger partial charge in [-0.05, 0) is 20.8 Å². The fraction of sp³-hybridized carbons (Fsp3) is 0.900. The molecule has 5 nitrogen and oxygen atoms in total. The van der Waals surface area contributed by atoms with Gasteiger partial charge in [-0.2, -0.15) is 0 Å². The minimum Gasteiger partial charge on any atom is -0.395 e. The van der Waals surface area contributed by atoms with Crippen LogP contribution in [-0.4, -0.2) is 59.4 Å². The Labute approximate surface area is 91.1 Å². The van der Waals surface area contributed by atoms with Gasteiger partial charge in [0.2, 0.25) is 5.91 Å². The molecule has 90 valence electrons. The van der Waals surface area contributed by atoms with Crippen molar-refractivity contribution >= 4 is 5.91 Å². The fourth-order valence-electron chi connectivity index (χ4n) is 1.40. The summed E-state index contributed by atoms with van der Waals surface area (Å²) in [6.07, 6.45) is 0. The van der Waals surface area contributed by atoms with E-state index in [9.17, 15) is 4.79 Å². The molecule has 3 N–H and O–H groups in total. The molecule has 1 atom stereocenters. The molecule has 0 aromatic rings. The highest BCUT2D eigenvalue weighted by molar-refractivity contribution is 5.81. The van der Waals surface area contributed by atoms with Crippen molar-refractivity contribution in [2.45, 2.75) is 32.9 Å². The highest BCUT2D eigenvalue weighted by Gasteiger charge is 2.20. The average molecular weight is 218 g/mol. The van der Waals surface area contributed by atoms with Crippen molar-refractivity contribution in [1.29, 1.82) is 0 Å². The molecule has 0 saturated carbocycles. The van der Waals surface area contributed by atoms with Crippen LogP contribution in [0.2, 0.25) is 0 Å². The number of likely N-dealkylation sites (N-methyl/N-ethyl adjacent to an activating group) is 1. The van der Waals surface area contributed by atoms with E-state index in [1.165, 1.54) is 0 Å². The van der Waals surface area contributed by atoms with Crippen LogP contribution in [0.3, 0.4) is 0 Å². The molecule has 0 aromatic heterocycles. The van der Waals surface area contributed by atoms with Gasteiger partial charge in [0.25, 0.3) is 0 Å². The summed E-state index contributed by atoms with van der Waals surface area (Å²) < 4.78 is 0. The van der Waals surface area contributed by atoms with Crippen LogP contribution in [0.1, 0.15) is 20.8 Å². The van der Waals surface area contributed by atoms with E-state index in [4.69, 9.17) is 10.2 Å². The predicted octanol–water partition coefficient (Wildman–Crippen LogP) is -0.814. The minimum atomic E-state index is -0.431. The van der Waals surface area contributed by atoms with Crippen molar-refractivity contribution in [1.82, 2.24) is 10.2 Å². The van der Waals surface area contributed by atoms with Gasteiger partial charge in [-0.15, -0.1) is 0 Å². The zero-order chi connectivity index (χ0) is 11.8. The highest BCUT2D eigenvalue weighted by atomic mass is 16.3. The van der Waals surface area contributed by atoms with Gasteiger partial charge in [-0.25, -0.2) is 0 Å².